The van der Waals surface area contributed by atoms with Crippen molar-refractivity contribution in [1.29, 1.82) is 0 Å². The molecule has 4 unspecified atom stereocenters. The summed E-state index contributed by atoms with van der Waals surface area (Å²) in [4.78, 5) is 81.3. The van der Waals surface area contributed by atoms with E-state index in [4.69, 9.17) is 0 Å². The monoisotopic (exact) mass is 716 g/mol. The molecule has 0 radical (unpaired) electrons. The number of Topliss-reactive ketones (excluding diaryl/α,β-unsaturated/α-hetero) is 1. The minimum absolute atomic E-state index is 0.105. The maximum absolute atomic E-state index is 14.2. The van der Waals surface area contributed by atoms with Crippen molar-refractivity contribution < 1.29 is 33.9 Å². The molecule has 13 nitrogen and oxygen atoms in total. The van der Waals surface area contributed by atoms with Gasteiger partial charge < -0.3 is 36.2 Å². The first-order chi connectivity index (χ1) is 23.9. The Kier molecular flexibility index (Phi) is 17.3. The maximum atomic E-state index is 14.2. The van der Waals surface area contributed by atoms with Gasteiger partial charge in [-0.25, -0.2) is 4.79 Å². The third kappa shape index (κ3) is 13.1. The Balaban J connectivity index is 0.00000213. The lowest BCUT2D eigenvalue weighted by Crippen LogP contribution is -2.60. The Hall–Kier alpha value is -3.74. The van der Waals surface area contributed by atoms with E-state index in [9.17, 15) is 33.9 Å². The second-order valence-electron chi connectivity index (χ2n) is 15.8. The van der Waals surface area contributed by atoms with Crippen molar-refractivity contribution in [2.75, 3.05) is 26.7 Å². The second kappa shape index (κ2) is 20.3. The number of hydrogen-bond acceptors (Lipinski definition) is 8. The van der Waals surface area contributed by atoms with Crippen LogP contribution in [0.15, 0.2) is 24.4 Å². The number of aliphatic hydroxyl groups is 1. The Morgan fingerprint density at radius 3 is 2.18 bits per heavy atom. The molecule has 0 bridgehead atoms. The number of urea groups is 1. The third-order valence-corrected chi connectivity index (χ3v) is 9.44. The standard InChI is InChI=1S/C34H54N6O7.C4H10/c1-7-13-22(28(42)31(45)35-17-8-2)36-30(44)23-16-12-18-40(23)32(46)27(21-14-10-9-11-15-21)38-33(47)37-26(34(3,4)5)20-39(6)24-19-25(41)29(24)43;1-4(2)3/h8,19,21-23,26-27,29,43H,2,7,9-18,20H2,1,3-6H3,(H,35,45)(H,36,44)(H2,37,38,47);4H,1-3H3/t22?,23-,26?,27?,29?;/m0./s1. The van der Waals surface area contributed by atoms with Crippen molar-refractivity contribution in [3.05, 3.63) is 24.4 Å². The number of likely N-dealkylation sites (tertiary alicyclic amines) is 1. The van der Waals surface area contributed by atoms with E-state index in [0.29, 0.717) is 38.0 Å². The van der Waals surface area contributed by atoms with Crippen LogP contribution in [0.2, 0.25) is 0 Å². The zero-order valence-corrected chi connectivity index (χ0v) is 32.2. The first-order valence-corrected chi connectivity index (χ1v) is 18.7. The SMILES string of the molecule is C=CCNC(=O)C(=O)C(CCC)NC(=O)[C@@H]1CCCN1C(=O)C(NC(=O)NC(CN(C)C1=CC(=O)C1O)C(C)(C)C)C1CCCCC1.CC(C)C. The zero-order valence-electron chi connectivity index (χ0n) is 32.2. The largest absolute Gasteiger partial charge is 0.379 e. The zero-order chi connectivity index (χ0) is 38.5. The lowest BCUT2D eigenvalue weighted by Gasteiger charge is -2.39. The van der Waals surface area contributed by atoms with Crippen LogP contribution in [0, 0.1) is 17.3 Å². The highest BCUT2D eigenvalue weighted by molar-refractivity contribution is 6.38. The molecule has 5 N–H and O–H groups in total. The van der Waals surface area contributed by atoms with Crippen molar-refractivity contribution in [2.24, 2.45) is 17.3 Å². The van der Waals surface area contributed by atoms with Crippen LogP contribution < -0.4 is 21.3 Å². The molecule has 1 saturated carbocycles. The van der Waals surface area contributed by atoms with Gasteiger partial charge in [-0.2, -0.15) is 0 Å². The fraction of sp³-hybridized carbons (Fsp3) is 0.737. The van der Waals surface area contributed by atoms with Crippen LogP contribution in [0.5, 0.6) is 0 Å². The van der Waals surface area contributed by atoms with Gasteiger partial charge in [0.15, 0.2) is 11.9 Å². The first kappa shape index (κ1) is 43.4. The highest BCUT2D eigenvalue weighted by atomic mass is 16.3. The topological polar surface area (TPSA) is 177 Å². The van der Waals surface area contributed by atoms with Crippen LogP contribution in [-0.4, -0.2) is 107 Å². The Bertz CT molecular complexity index is 1270. The van der Waals surface area contributed by atoms with Gasteiger partial charge in [-0.05, 0) is 49.4 Å². The molecule has 13 heteroatoms. The van der Waals surface area contributed by atoms with Gasteiger partial charge in [0.05, 0.1) is 17.8 Å². The van der Waals surface area contributed by atoms with Gasteiger partial charge in [0.2, 0.25) is 17.6 Å². The number of ketones is 2. The molecule has 1 heterocycles. The van der Waals surface area contributed by atoms with E-state index in [0.717, 1.165) is 38.0 Å². The summed E-state index contributed by atoms with van der Waals surface area (Å²) >= 11 is 0. The van der Waals surface area contributed by atoms with E-state index in [2.05, 4.69) is 48.6 Å². The van der Waals surface area contributed by atoms with Crippen LogP contribution in [0.4, 0.5) is 4.79 Å². The van der Waals surface area contributed by atoms with E-state index in [1.54, 1.807) is 11.9 Å². The summed E-state index contributed by atoms with van der Waals surface area (Å²) in [5.74, 6) is -2.00. The van der Waals surface area contributed by atoms with E-state index < -0.39 is 59.3 Å². The molecule has 5 atom stereocenters. The van der Waals surface area contributed by atoms with Crippen molar-refractivity contribution >= 4 is 35.3 Å². The third-order valence-electron chi connectivity index (χ3n) is 9.44. The molecule has 0 aromatic heterocycles. The summed E-state index contributed by atoms with van der Waals surface area (Å²) in [6.07, 6.45) is 7.93. The summed E-state index contributed by atoms with van der Waals surface area (Å²) in [5, 5.41) is 21.2. The fourth-order valence-electron chi connectivity index (χ4n) is 6.49. The first-order valence-electron chi connectivity index (χ1n) is 18.7. The number of carbonyl (C=O) groups is 6. The number of carbonyl (C=O) groups excluding carboxylic acids is 6. The lowest BCUT2D eigenvalue weighted by molar-refractivity contribution is -0.143. The lowest BCUT2D eigenvalue weighted by atomic mass is 9.83. The smallest absolute Gasteiger partial charge is 0.315 e. The molecule has 0 aromatic carbocycles. The van der Waals surface area contributed by atoms with E-state index in [1.165, 1.54) is 17.1 Å². The van der Waals surface area contributed by atoms with Crippen LogP contribution in [-0.2, 0) is 24.0 Å². The molecule has 5 amide bonds. The second-order valence-corrected chi connectivity index (χ2v) is 15.8. The number of likely N-dealkylation sites (N-methyl/N-ethyl adjacent to an activating group) is 1. The molecule has 0 spiro atoms. The van der Waals surface area contributed by atoms with Gasteiger partial charge in [0.1, 0.15) is 12.1 Å². The highest BCUT2D eigenvalue weighted by Crippen LogP contribution is 2.30. The molecular weight excluding hydrogens is 652 g/mol. The Morgan fingerprint density at radius 1 is 1.02 bits per heavy atom. The predicted octanol–water partition coefficient (Wildman–Crippen LogP) is 3.22. The maximum Gasteiger partial charge on any atom is 0.315 e. The molecule has 2 aliphatic carbocycles. The molecule has 288 valence electrons. The van der Waals surface area contributed by atoms with Crippen LogP contribution >= 0.6 is 0 Å². The fourth-order valence-corrected chi connectivity index (χ4v) is 6.49. The van der Waals surface area contributed by atoms with Gasteiger partial charge in [0.25, 0.3) is 5.91 Å². The number of aliphatic hydroxyl groups excluding tert-OH is 1. The predicted molar refractivity (Wildman–Crippen MR) is 197 cm³/mol. The summed E-state index contributed by atoms with van der Waals surface area (Å²) < 4.78 is 0. The van der Waals surface area contributed by atoms with E-state index in [-0.39, 0.29) is 30.6 Å². The molecule has 3 aliphatic rings. The average molecular weight is 717 g/mol. The molecule has 1 saturated heterocycles. The number of rotatable bonds is 15. The number of hydrogen-bond donors (Lipinski definition) is 5. The average Bonchev–Trinajstić information content (AvgIpc) is 3.57. The van der Waals surface area contributed by atoms with Crippen molar-refractivity contribution in [3.8, 4) is 0 Å². The summed E-state index contributed by atoms with van der Waals surface area (Å²) in [7, 11) is 1.75. The summed E-state index contributed by atoms with van der Waals surface area (Å²) in [6.45, 7) is 18.6. The highest BCUT2D eigenvalue weighted by Gasteiger charge is 2.42. The van der Waals surface area contributed by atoms with Crippen molar-refractivity contribution in [2.45, 2.75) is 137 Å². The quantitative estimate of drug-likeness (QED) is 0.127. The number of nitrogens with zero attached hydrogens (tertiary/aromatic N) is 2. The number of amides is 5. The normalized spacial score (nSPS) is 20.8. The van der Waals surface area contributed by atoms with Gasteiger partial charge in [0, 0.05) is 32.8 Å². The minimum Gasteiger partial charge on any atom is -0.379 e. The van der Waals surface area contributed by atoms with Crippen LogP contribution in [0.25, 0.3) is 0 Å². The molecular formula is C38H64N6O7. The molecule has 0 aromatic rings. The molecule has 3 rings (SSSR count). The van der Waals surface area contributed by atoms with Gasteiger partial charge in [-0.1, -0.05) is 80.2 Å². The van der Waals surface area contributed by atoms with Gasteiger partial charge >= 0.3 is 6.03 Å². The molecule has 51 heavy (non-hydrogen) atoms. The van der Waals surface area contributed by atoms with Gasteiger partial charge in [-0.3, -0.25) is 24.0 Å². The molecule has 2 fully saturated rings. The van der Waals surface area contributed by atoms with E-state index in [1.807, 2.05) is 27.7 Å². The summed E-state index contributed by atoms with van der Waals surface area (Å²) in [5.41, 5.74) is 0.0860. The Morgan fingerprint density at radius 2 is 1.65 bits per heavy atom. The summed E-state index contributed by atoms with van der Waals surface area (Å²) in [6, 6.07) is -3.62. The van der Waals surface area contributed by atoms with Crippen molar-refractivity contribution in [1.82, 2.24) is 31.1 Å². The van der Waals surface area contributed by atoms with Crippen LogP contribution in [0.1, 0.15) is 106 Å². The van der Waals surface area contributed by atoms with Crippen LogP contribution in [0.3, 0.4) is 0 Å². The number of nitrogens with one attached hydrogen (secondary N) is 4. The molecule has 1 aliphatic heterocycles. The van der Waals surface area contributed by atoms with E-state index >= 15 is 0 Å². The Labute approximate surface area is 304 Å². The van der Waals surface area contributed by atoms with Gasteiger partial charge in [-0.15, -0.1) is 6.58 Å². The minimum atomic E-state index is -1.17. The van der Waals surface area contributed by atoms with Crippen molar-refractivity contribution in [3.63, 3.8) is 0 Å².